The van der Waals surface area contributed by atoms with Crippen molar-refractivity contribution in [2.45, 2.75) is 52.0 Å². The number of nitrogens with zero attached hydrogens (tertiary/aromatic N) is 3. The van der Waals surface area contributed by atoms with Crippen molar-refractivity contribution in [2.75, 3.05) is 6.54 Å². The number of hydrogen-bond donors (Lipinski definition) is 1. The summed E-state index contributed by atoms with van der Waals surface area (Å²) in [5.41, 5.74) is 1.30. The maximum absolute atomic E-state index is 4.00. The zero-order chi connectivity index (χ0) is 12.2. The van der Waals surface area contributed by atoms with Gasteiger partial charge in [-0.2, -0.15) is 0 Å². The number of hydrogen-bond acceptors (Lipinski definition) is 3. The van der Waals surface area contributed by atoms with Crippen LogP contribution in [0.3, 0.4) is 0 Å². The van der Waals surface area contributed by atoms with Crippen molar-refractivity contribution in [3.05, 3.63) is 11.9 Å². The molecule has 1 unspecified atom stereocenters. The minimum absolute atomic E-state index is 0.110. The van der Waals surface area contributed by atoms with Gasteiger partial charge in [0.25, 0.3) is 0 Å². The van der Waals surface area contributed by atoms with Gasteiger partial charge in [0, 0.05) is 18.5 Å². The van der Waals surface area contributed by atoms with Crippen LogP contribution in [0.25, 0.3) is 0 Å². The van der Waals surface area contributed by atoms with E-state index in [2.05, 4.69) is 43.3 Å². The van der Waals surface area contributed by atoms with E-state index in [1.165, 1.54) is 12.1 Å². The summed E-state index contributed by atoms with van der Waals surface area (Å²) < 4.78 is 1.87. The van der Waals surface area contributed by atoms with E-state index in [4.69, 9.17) is 0 Å². The van der Waals surface area contributed by atoms with Crippen LogP contribution in [0.2, 0.25) is 0 Å². The number of aryl methyl sites for hydroxylation is 1. The van der Waals surface area contributed by atoms with Crippen LogP contribution in [0.15, 0.2) is 6.20 Å². The van der Waals surface area contributed by atoms with Crippen molar-refractivity contribution in [3.8, 4) is 0 Å². The van der Waals surface area contributed by atoms with Crippen LogP contribution in [-0.4, -0.2) is 27.6 Å². The van der Waals surface area contributed by atoms with Crippen molar-refractivity contribution in [1.29, 1.82) is 0 Å². The first kappa shape index (κ1) is 13.2. The predicted molar refractivity (Wildman–Crippen MR) is 66.4 cm³/mol. The zero-order valence-electron chi connectivity index (χ0n) is 11.1. The molecule has 0 aliphatic rings. The molecule has 0 aliphatic carbocycles. The van der Waals surface area contributed by atoms with Crippen molar-refractivity contribution in [2.24, 2.45) is 7.05 Å². The molecule has 4 heteroatoms. The lowest BCUT2D eigenvalue weighted by molar-refractivity contribution is 0.370. The molecule has 16 heavy (non-hydrogen) atoms. The largest absolute Gasteiger partial charge is 0.314 e. The van der Waals surface area contributed by atoms with E-state index in [1.807, 2.05) is 17.9 Å². The molecule has 1 aromatic rings. The molecular weight excluding hydrogens is 200 g/mol. The van der Waals surface area contributed by atoms with Crippen LogP contribution in [-0.2, 0) is 12.5 Å². The molecule has 0 saturated heterocycles. The average molecular weight is 224 g/mol. The SMILES string of the molecule is CCCNC(C)CC(C)(C)c1cnnn1C. The molecule has 0 aromatic carbocycles. The van der Waals surface area contributed by atoms with Gasteiger partial charge in [0.2, 0.25) is 0 Å². The highest BCUT2D eigenvalue weighted by molar-refractivity contribution is 5.10. The molecule has 0 radical (unpaired) electrons. The standard InChI is InChI=1S/C12H24N4/c1-6-7-13-10(2)8-12(3,4)11-9-14-15-16(11)5/h9-10,13H,6-8H2,1-5H3. The maximum Gasteiger partial charge on any atom is 0.0730 e. The van der Waals surface area contributed by atoms with Gasteiger partial charge in [0.15, 0.2) is 0 Å². The van der Waals surface area contributed by atoms with Gasteiger partial charge in [0.1, 0.15) is 0 Å². The molecule has 1 N–H and O–H groups in total. The highest BCUT2D eigenvalue weighted by atomic mass is 15.4. The number of aromatic nitrogens is 3. The van der Waals surface area contributed by atoms with Gasteiger partial charge in [-0.25, -0.2) is 0 Å². The fourth-order valence-corrected chi connectivity index (χ4v) is 2.24. The summed E-state index contributed by atoms with van der Waals surface area (Å²) in [6, 6.07) is 0.518. The summed E-state index contributed by atoms with van der Waals surface area (Å²) in [6.45, 7) is 10.0. The zero-order valence-corrected chi connectivity index (χ0v) is 11.1. The van der Waals surface area contributed by atoms with E-state index < -0.39 is 0 Å². The molecule has 1 aromatic heterocycles. The lowest BCUT2D eigenvalue weighted by Gasteiger charge is -2.28. The Morgan fingerprint density at radius 3 is 2.69 bits per heavy atom. The first-order valence-electron chi connectivity index (χ1n) is 6.06. The summed E-state index contributed by atoms with van der Waals surface area (Å²) in [4.78, 5) is 0. The Balaban J connectivity index is 2.61. The third kappa shape index (κ3) is 3.30. The molecule has 0 bridgehead atoms. The second-order valence-corrected chi connectivity index (χ2v) is 5.19. The van der Waals surface area contributed by atoms with E-state index in [0.717, 1.165) is 13.0 Å². The van der Waals surface area contributed by atoms with Crippen LogP contribution < -0.4 is 5.32 Å². The fourth-order valence-electron chi connectivity index (χ4n) is 2.24. The normalized spacial score (nSPS) is 14.1. The Hall–Kier alpha value is -0.900. The molecule has 1 heterocycles. The predicted octanol–water partition coefficient (Wildman–Crippen LogP) is 1.87. The van der Waals surface area contributed by atoms with Gasteiger partial charge in [-0.15, -0.1) is 5.10 Å². The summed E-state index contributed by atoms with van der Waals surface area (Å²) in [6.07, 6.45) is 4.14. The van der Waals surface area contributed by atoms with Crippen LogP contribution in [0, 0.1) is 0 Å². The highest BCUT2D eigenvalue weighted by Gasteiger charge is 2.26. The van der Waals surface area contributed by atoms with Gasteiger partial charge >= 0.3 is 0 Å². The van der Waals surface area contributed by atoms with Gasteiger partial charge in [-0.3, -0.25) is 4.68 Å². The maximum atomic E-state index is 4.00. The Labute approximate surface area is 98.4 Å². The van der Waals surface area contributed by atoms with Crippen LogP contribution >= 0.6 is 0 Å². The van der Waals surface area contributed by atoms with E-state index >= 15 is 0 Å². The van der Waals surface area contributed by atoms with E-state index in [-0.39, 0.29) is 5.41 Å². The Kier molecular flexibility index (Phi) is 4.47. The van der Waals surface area contributed by atoms with Crippen molar-refractivity contribution >= 4 is 0 Å². The smallest absolute Gasteiger partial charge is 0.0730 e. The quantitative estimate of drug-likeness (QED) is 0.802. The molecule has 0 fully saturated rings. The molecule has 0 spiro atoms. The molecule has 1 rings (SSSR count). The third-order valence-electron chi connectivity index (χ3n) is 2.97. The molecule has 0 aliphatic heterocycles. The highest BCUT2D eigenvalue weighted by Crippen LogP contribution is 2.27. The Bertz CT molecular complexity index is 317. The van der Waals surface area contributed by atoms with Gasteiger partial charge in [-0.05, 0) is 26.3 Å². The van der Waals surface area contributed by atoms with Crippen molar-refractivity contribution in [3.63, 3.8) is 0 Å². The summed E-state index contributed by atoms with van der Waals surface area (Å²) in [7, 11) is 1.95. The first-order valence-corrected chi connectivity index (χ1v) is 6.06. The summed E-state index contributed by atoms with van der Waals surface area (Å²) in [5, 5.41) is 11.5. The van der Waals surface area contributed by atoms with Gasteiger partial charge < -0.3 is 5.32 Å². The second-order valence-electron chi connectivity index (χ2n) is 5.19. The van der Waals surface area contributed by atoms with Gasteiger partial charge in [-0.1, -0.05) is 26.0 Å². The third-order valence-corrected chi connectivity index (χ3v) is 2.97. The minimum Gasteiger partial charge on any atom is -0.314 e. The molecule has 0 amide bonds. The Morgan fingerprint density at radius 2 is 2.19 bits per heavy atom. The van der Waals surface area contributed by atoms with E-state index in [1.54, 1.807) is 0 Å². The molecule has 0 saturated carbocycles. The van der Waals surface area contributed by atoms with Crippen LogP contribution in [0.4, 0.5) is 0 Å². The van der Waals surface area contributed by atoms with E-state index in [9.17, 15) is 0 Å². The summed E-state index contributed by atoms with van der Waals surface area (Å²) >= 11 is 0. The topological polar surface area (TPSA) is 42.7 Å². The first-order chi connectivity index (χ1) is 7.47. The minimum atomic E-state index is 0.110. The monoisotopic (exact) mass is 224 g/mol. The molecule has 4 nitrogen and oxygen atoms in total. The Morgan fingerprint density at radius 1 is 1.50 bits per heavy atom. The van der Waals surface area contributed by atoms with E-state index in [0.29, 0.717) is 6.04 Å². The number of nitrogens with one attached hydrogen (secondary N) is 1. The van der Waals surface area contributed by atoms with Crippen molar-refractivity contribution in [1.82, 2.24) is 20.3 Å². The van der Waals surface area contributed by atoms with Gasteiger partial charge in [0.05, 0.1) is 11.9 Å². The van der Waals surface area contributed by atoms with Crippen molar-refractivity contribution < 1.29 is 0 Å². The molecule has 92 valence electrons. The van der Waals surface area contributed by atoms with Crippen LogP contribution in [0.1, 0.15) is 46.2 Å². The lowest BCUT2D eigenvalue weighted by atomic mass is 9.83. The molecular formula is C12H24N4. The number of rotatable bonds is 6. The average Bonchev–Trinajstić information content (AvgIpc) is 2.61. The lowest BCUT2D eigenvalue weighted by Crippen LogP contribution is -2.34. The second kappa shape index (κ2) is 5.43. The van der Waals surface area contributed by atoms with Crippen LogP contribution in [0.5, 0.6) is 0 Å². The fraction of sp³-hybridized carbons (Fsp3) is 0.833. The summed E-state index contributed by atoms with van der Waals surface area (Å²) in [5.74, 6) is 0. The molecule has 1 atom stereocenters.